The SMILES string of the molecule is CCOC(=O)C(F)(F)C1=C(c2ccc(OC)cc2)c2cc(C)ccc2C1=O. The number of carbonyl (C=O) groups is 2. The quantitative estimate of drug-likeness (QED) is 0.738. The number of ketones is 1. The molecule has 0 saturated heterocycles. The molecule has 2 aromatic carbocycles. The maximum atomic E-state index is 14.9. The number of aryl methyl sites for hydroxylation is 1. The number of hydrogen-bond donors (Lipinski definition) is 0. The Morgan fingerprint density at radius 1 is 1.07 bits per heavy atom. The first-order chi connectivity index (χ1) is 12.8. The lowest BCUT2D eigenvalue weighted by molar-refractivity contribution is -0.165. The van der Waals surface area contributed by atoms with Gasteiger partial charge in [0.2, 0.25) is 0 Å². The lowest BCUT2D eigenvalue weighted by atomic mass is 9.94. The lowest BCUT2D eigenvalue weighted by Crippen LogP contribution is -2.35. The molecular formula is C21H18F2O4. The number of benzene rings is 2. The maximum Gasteiger partial charge on any atom is 0.382 e. The molecule has 0 aromatic heterocycles. The van der Waals surface area contributed by atoms with Gasteiger partial charge in [-0.1, -0.05) is 35.9 Å². The fourth-order valence-electron chi connectivity index (χ4n) is 3.13. The molecule has 0 N–H and O–H groups in total. The molecule has 6 heteroatoms. The summed E-state index contributed by atoms with van der Waals surface area (Å²) in [5.41, 5.74) is 0.918. The zero-order chi connectivity index (χ0) is 19.8. The van der Waals surface area contributed by atoms with Crippen LogP contribution in [0.3, 0.4) is 0 Å². The van der Waals surface area contributed by atoms with Crippen molar-refractivity contribution in [3.05, 3.63) is 70.3 Å². The highest BCUT2D eigenvalue weighted by molar-refractivity contribution is 6.26. The van der Waals surface area contributed by atoms with Gasteiger partial charge >= 0.3 is 11.9 Å². The Kier molecular flexibility index (Phi) is 4.83. The van der Waals surface area contributed by atoms with Gasteiger partial charge in [-0.05, 0) is 37.1 Å². The molecule has 0 amide bonds. The van der Waals surface area contributed by atoms with E-state index < -0.39 is 23.2 Å². The molecule has 0 radical (unpaired) electrons. The van der Waals surface area contributed by atoms with Gasteiger partial charge in [-0.15, -0.1) is 0 Å². The zero-order valence-electron chi connectivity index (χ0n) is 15.1. The van der Waals surface area contributed by atoms with Gasteiger partial charge in [0.05, 0.1) is 19.3 Å². The number of methoxy groups -OCH3 is 1. The summed E-state index contributed by atoms with van der Waals surface area (Å²) in [6.45, 7) is 3.03. The fourth-order valence-corrected chi connectivity index (χ4v) is 3.13. The topological polar surface area (TPSA) is 52.6 Å². The van der Waals surface area contributed by atoms with Gasteiger partial charge in [0.25, 0.3) is 0 Å². The fraction of sp³-hybridized carbons (Fsp3) is 0.238. The molecule has 2 aromatic rings. The van der Waals surface area contributed by atoms with Crippen LogP contribution in [0.15, 0.2) is 48.0 Å². The standard InChI is InChI=1S/C21H18F2O4/c1-4-27-20(25)21(22,23)18-17(13-6-8-14(26-3)9-7-13)16-11-12(2)5-10-15(16)19(18)24/h5-11H,4H2,1-3H3. The number of halogens is 2. The normalized spacial score (nSPS) is 13.6. The second-order valence-electron chi connectivity index (χ2n) is 6.15. The molecule has 27 heavy (non-hydrogen) atoms. The molecule has 0 saturated carbocycles. The highest BCUT2D eigenvalue weighted by atomic mass is 19.3. The van der Waals surface area contributed by atoms with Crippen LogP contribution in [0, 0.1) is 6.92 Å². The smallest absolute Gasteiger partial charge is 0.382 e. The van der Waals surface area contributed by atoms with E-state index in [9.17, 15) is 18.4 Å². The minimum Gasteiger partial charge on any atom is -0.497 e. The molecule has 0 bridgehead atoms. The van der Waals surface area contributed by atoms with Crippen molar-refractivity contribution in [3.8, 4) is 5.75 Å². The van der Waals surface area contributed by atoms with Crippen molar-refractivity contribution in [2.75, 3.05) is 13.7 Å². The Hall–Kier alpha value is -3.02. The third-order valence-corrected chi connectivity index (χ3v) is 4.39. The van der Waals surface area contributed by atoms with E-state index in [1.54, 1.807) is 43.3 Å². The summed E-state index contributed by atoms with van der Waals surface area (Å²) < 4.78 is 39.5. The molecule has 0 atom stereocenters. The Balaban J connectivity index is 2.27. The highest BCUT2D eigenvalue weighted by Gasteiger charge is 2.52. The molecule has 0 aliphatic heterocycles. The van der Waals surface area contributed by atoms with Crippen molar-refractivity contribution in [2.24, 2.45) is 0 Å². The van der Waals surface area contributed by atoms with Crippen molar-refractivity contribution >= 4 is 17.3 Å². The predicted octanol–water partition coefficient (Wildman–Crippen LogP) is 4.20. The summed E-state index contributed by atoms with van der Waals surface area (Å²) in [5.74, 6) is -6.11. The number of Topliss-reactive ketones (excluding diaryl/α,β-unsaturated/α-hetero) is 1. The number of rotatable bonds is 5. The van der Waals surface area contributed by atoms with Crippen LogP contribution < -0.4 is 4.74 Å². The van der Waals surface area contributed by atoms with Gasteiger partial charge in [0, 0.05) is 11.1 Å². The van der Waals surface area contributed by atoms with Crippen LogP contribution in [0.25, 0.3) is 5.57 Å². The molecule has 0 fully saturated rings. The molecule has 0 unspecified atom stereocenters. The van der Waals surface area contributed by atoms with E-state index in [-0.39, 0.29) is 17.7 Å². The largest absolute Gasteiger partial charge is 0.497 e. The van der Waals surface area contributed by atoms with Crippen LogP contribution >= 0.6 is 0 Å². The Bertz CT molecular complexity index is 943. The molecule has 1 aliphatic carbocycles. The molecular weight excluding hydrogens is 354 g/mol. The van der Waals surface area contributed by atoms with Crippen LogP contribution in [0.4, 0.5) is 8.78 Å². The summed E-state index contributed by atoms with van der Waals surface area (Å²) in [4.78, 5) is 24.7. The average molecular weight is 372 g/mol. The third kappa shape index (κ3) is 3.12. The van der Waals surface area contributed by atoms with E-state index in [0.717, 1.165) is 5.56 Å². The monoisotopic (exact) mass is 372 g/mol. The van der Waals surface area contributed by atoms with Crippen LogP contribution in [0.2, 0.25) is 0 Å². The first-order valence-corrected chi connectivity index (χ1v) is 8.41. The van der Waals surface area contributed by atoms with Crippen molar-refractivity contribution in [1.82, 2.24) is 0 Å². The van der Waals surface area contributed by atoms with Gasteiger partial charge in [-0.3, -0.25) is 4.79 Å². The summed E-state index contributed by atoms with van der Waals surface area (Å²) in [7, 11) is 1.49. The minimum atomic E-state index is -4.06. The van der Waals surface area contributed by atoms with Gasteiger partial charge < -0.3 is 9.47 Å². The van der Waals surface area contributed by atoms with Crippen LogP contribution in [-0.2, 0) is 9.53 Å². The molecule has 4 nitrogen and oxygen atoms in total. The van der Waals surface area contributed by atoms with E-state index in [4.69, 9.17) is 4.74 Å². The van der Waals surface area contributed by atoms with E-state index in [1.807, 2.05) is 0 Å². The first-order valence-electron chi connectivity index (χ1n) is 8.41. The van der Waals surface area contributed by atoms with Gasteiger partial charge in [0.1, 0.15) is 5.75 Å². The predicted molar refractivity (Wildman–Crippen MR) is 96.1 cm³/mol. The minimum absolute atomic E-state index is 0.0411. The summed E-state index contributed by atoms with van der Waals surface area (Å²) >= 11 is 0. The Morgan fingerprint density at radius 2 is 1.74 bits per heavy atom. The lowest BCUT2D eigenvalue weighted by Gasteiger charge is -2.17. The van der Waals surface area contributed by atoms with Gasteiger partial charge in [0.15, 0.2) is 5.78 Å². The van der Waals surface area contributed by atoms with E-state index in [1.165, 1.54) is 20.1 Å². The van der Waals surface area contributed by atoms with Gasteiger partial charge in [-0.25, -0.2) is 4.79 Å². The van der Waals surface area contributed by atoms with Crippen LogP contribution in [0.5, 0.6) is 5.75 Å². The summed E-state index contributed by atoms with van der Waals surface area (Å²) in [6, 6.07) is 11.2. The summed E-state index contributed by atoms with van der Waals surface area (Å²) in [5, 5.41) is 0. The molecule has 0 spiro atoms. The molecule has 3 rings (SSSR count). The summed E-state index contributed by atoms with van der Waals surface area (Å²) in [6.07, 6.45) is 0. The number of esters is 1. The number of fused-ring (bicyclic) bond motifs is 1. The van der Waals surface area contributed by atoms with E-state index in [2.05, 4.69) is 4.74 Å². The Morgan fingerprint density at radius 3 is 2.33 bits per heavy atom. The maximum absolute atomic E-state index is 14.9. The number of hydrogen-bond acceptors (Lipinski definition) is 4. The highest BCUT2D eigenvalue weighted by Crippen LogP contribution is 2.45. The van der Waals surface area contributed by atoms with Crippen LogP contribution in [-0.4, -0.2) is 31.4 Å². The van der Waals surface area contributed by atoms with E-state index >= 15 is 0 Å². The van der Waals surface area contributed by atoms with Crippen LogP contribution in [0.1, 0.15) is 34.0 Å². The van der Waals surface area contributed by atoms with Crippen molar-refractivity contribution in [2.45, 2.75) is 19.8 Å². The zero-order valence-corrected chi connectivity index (χ0v) is 15.1. The number of carbonyl (C=O) groups excluding carboxylic acids is 2. The molecule has 140 valence electrons. The van der Waals surface area contributed by atoms with Crippen molar-refractivity contribution in [3.63, 3.8) is 0 Å². The van der Waals surface area contributed by atoms with E-state index in [0.29, 0.717) is 16.9 Å². The molecule has 1 aliphatic rings. The number of ether oxygens (including phenoxy) is 2. The van der Waals surface area contributed by atoms with Gasteiger partial charge in [-0.2, -0.15) is 8.78 Å². The number of alkyl halides is 2. The van der Waals surface area contributed by atoms with Crippen molar-refractivity contribution in [1.29, 1.82) is 0 Å². The third-order valence-electron chi connectivity index (χ3n) is 4.39. The molecule has 0 heterocycles. The van der Waals surface area contributed by atoms with Crippen molar-refractivity contribution < 1.29 is 27.8 Å². The average Bonchev–Trinajstić information content (AvgIpc) is 2.94. The second kappa shape index (κ2) is 6.95. The second-order valence-corrected chi connectivity index (χ2v) is 6.15. The first kappa shape index (κ1) is 18.8. The Labute approximate surface area is 155 Å².